The number of alkyl halides is 1. The van der Waals surface area contributed by atoms with Crippen LogP contribution in [0.5, 0.6) is 0 Å². The molecule has 0 radical (unpaired) electrons. The maximum absolute atomic E-state index is 16.0. The van der Waals surface area contributed by atoms with Gasteiger partial charge in [0.1, 0.15) is 5.69 Å². The van der Waals surface area contributed by atoms with Crippen LogP contribution in [0.3, 0.4) is 0 Å². The van der Waals surface area contributed by atoms with E-state index in [2.05, 4.69) is 29.5 Å². The summed E-state index contributed by atoms with van der Waals surface area (Å²) in [5.74, 6) is 0.0868. The number of nitrogens with one attached hydrogen (secondary N) is 1. The Kier molecular flexibility index (Phi) is 9.43. The zero-order valence-electron chi connectivity index (χ0n) is 19.2. The molecule has 1 unspecified atom stereocenters. The Morgan fingerprint density at radius 2 is 1.77 bits per heavy atom. The molecule has 0 aliphatic heterocycles. The highest BCUT2D eigenvalue weighted by Gasteiger charge is 2.44. The number of nitrogens with zero attached hydrogens (tertiary/aromatic N) is 3. The molecule has 6 nitrogen and oxygen atoms in total. The van der Waals surface area contributed by atoms with Gasteiger partial charge < -0.3 is 5.32 Å². The van der Waals surface area contributed by atoms with Crippen molar-refractivity contribution in [2.75, 3.05) is 0 Å². The van der Waals surface area contributed by atoms with Crippen LogP contribution in [0.1, 0.15) is 103 Å². The van der Waals surface area contributed by atoms with Gasteiger partial charge in [-0.25, -0.2) is 9.07 Å². The van der Waals surface area contributed by atoms with Crippen molar-refractivity contribution in [2.24, 2.45) is 5.92 Å². The van der Waals surface area contributed by atoms with Gasteiger partial charge in [0.25, 0.3) is 0 Å². The van der Waals surface area contributed by atoms with Gasteiger partial charge in [-0.15, -0.1) is 5.10 Å². The molecule has 0 fully saturated rings. The van der Waals surface area contributed by atoms with Gasteiger partial charge in [-0.1, -0.05) is 38.3 Å². The van der Waals surface area contributed by atoms with Gasteiger partial charge >= 0.3 is 0 Å². The van der Waals surface area contributed by atoms with Crippen molar-refractivity contribution in [2.45, 2.75) is 117 Å². The summed E-state index contributed by atoms with van der Waals surface area (Å²) in [6, 6.07) is 0.156. The second-order valence-electron chi connectivity index (χ2n) is 9.38. The van der Waals surface area contributed by atoms with E-state index in [0.717, 1.165) is 44.2 Å². The number of unbranched alkanes of at least 4 members (excludes halogenated alkanes) is 3. The lowest BCUT2D eigenvalue weighted by atomic mass is 9.83. The Morgan fingerprint density at radius 3 is 2.43 bits per heavy atom. The van der Waals surface area contributed by atoms with E-state index in [-0.39, 0.29) is 36.3 Å². The summed E-state index contributed by atoms with van der Waals surface area (Å²) in [5.41, 5.74) is -0.948. The van der Waals surface area contributed by atoms with E-state index in [9.17, 15) is 9.59 Å². The lowest BCUT2D eigenvalue weighted by molar-refractivity contribution is -0.132. The molecule has 1 aliphatic rings. The smallest absolute Gasteiger partial charge is 0.220 e. The standard InChI is InChI=1S/C23H39FN4O2/c1-17(2)16-28-19-12-8-7-11-15-23(24,22(19)26-27-28)20(29)13-9-5-6-10-14-21(30)25-18(3)4/h17-18H,5-16H2,1-4H3,(H,25,30). The van der Waals surface area contributed by atoms with Crippen molar-refractivity contribution in [3.8, 4) is 0 Å². The van der Waals surface area contributed by atoms with Crippen LogP contribution in [0.15, 0.2) is 0 Å². The van der Waals surface area contributed by atoms with E-state index in [4.69, 9.17) is 0 Å². The summed E-state index contributed by atoms with van der Waals surface area (Å²) in [7, 11) is 0. The molecule has 0 spiro atoms. The minimum atomic E-state index is -2.01. The first-order valence-electron chi connectivity index (χ1n) is 11.7. The number of rotatable bonds is 11. The Labute approximate surface area is 180 Å². The van der Waals surface area contributed by atoms with Crippen LogP contribution in [0.25, 0.3) is 0 Å². The van der Waals surface area contributed by atoms with Crippen LogP contribution < -0.4 is 5.32 Å². The number of ketones is 1. The molecule has 0 bridgehead atoms. The average molecular weight is 423 g/mol. The zero-order chi connectivity index (χ0) is 22.1. The SMILES string of the molecule is CC(C)Cn1nnc2c1CCCCCC2(F)C(=O)CCCCCCC(=O)NC(C)C. The molecule has 1 heterocycles. The van der Waals surface area contributed by atoms with Crippen molar-refractivity contribution < 1.29 is 14.0 Å². The molecule has 30 heavy (non-hydrogen) atoms. The molecule has 0 saturated heterocycles. The van der Waals surface area contributed by atoms with E-state index in [1.165, 1.54) is 0 Å². The molecule has 7 heteroatoms. The Balaban J connectivity index is 1.91. The van der Waals surface area contributed by atoms with Gasteiger partial charge in [-0.3, -0.25) is 9.59 Å². The Hall–Kier alpha value is -1.79. The van der Waals surface area contributed by atoms with Crippen molar-refractivity contribution in [3.63, 3.8) is 0 Å². The second kappa shape index (κ2) is 11.6. The predicted molar refractivity (Wildman–Crippen MR) is 116 cm³/mol. The third-order valence-corrected chi connectivity index (χ3v) is 5.64. The van der Waals surface area contributed by atoms with Crippen molar-refractivity contribution >= 4 is 11.7 Å². The third kappa shape index (κ3) is 6.88. The molecule has 170 valence electrons. The number of Topliss-reactive ketones (excluding diaryl/α,β-unsaturated/α-hetero) is 1. The van der Waals surface area contributed by atoms with Crippen molar-refractivity contribution in [1.29, 1.82) is 0 Å². The number of amides is 1. The minimum absolute atomic E-state index is 0.0651. The first-order chi connectivity index (χ1) is 14.2. The fourth-order valence-electron chi connectivity index (χ4n) is 4.13. The van der Waals surface area contributed by atoms with Crippen LogP contribution in [0.4, 0.5) is 4.39 Å². The summed E-state index contributed by atoms with van der Waals surface area (Å²) >= 11 is 0. The number of carbonyl (C=O) groups excluding carboxylic acids is 2. The second-order valence-corrected chi connectivity index (χ2v) is 9.38. The fourth-order valence-corrected chi connectivity index (χ4v) is 4.13. The normalized spacial score (nSPS) is 19.4. The highest BCUT2D eigenvalue weighted by Crippen LogP contribution is 2.38. The average Bonchev–Trinajstić information content (AvgIpc) is 3.03. The summed E-state index contributed by atoms with van der Waals surface area (Å²) in [6.07, 6.45) is 7.37. The highest BCUT2D eigenvalue weighted by atomic mass is 19.1. The molecule has 2 rings (SSSR count). The van der Waals surface area contributed by atoms with Crippen molar-refractivity contribution in [3.05, 3.63) is 11.4 Å². The first kappa shape index (κ1) is 24.5. The van der Waals surface area contributed by atoms with Crippen LogP contribution in [-0.4, -0.2) is 32.7 Å². The van der Waals surface area contributed by atoms with Gasteiger partial charge in [0.2, 0.25) is 11.6 Å². The zero-order valence-corrected chi connectivity index (χ0v) is 19.2. The molecule has 1 atom stereocenters. The number of hydrogen-bond acceptors (Lipinski definition) is 4. The number of halogens is 1. The summed E-state index contributed by atoms with van der Waals surface area (Å²) in [5, 5.41) is 11.2. The molecule has 1 aromatic heterocycles. The quantitative estimate of drug-likeness (QED) is 0.527. The Morgan fingerprint density at radius 1 is 1.07 bits per heavy atom. The maximum atomic E-state index is 16.0. The molecule has 0 aromatic carbocycles. The van der Waals surface area contributed by atoms with Gasteiger partial charge in [0.15, 0.2) is 5.78 Å². The molecule has 0 saturated carbocycles. The van der Waals surface area contributed by atoms with E-state index in [1.54, 1.807) is 4.68 Å². The monoisotopic (exact) mass is 422 g/mol. The van der Waals surface area contributed by atoms with Crippen LogP contribution in [-0.2, 0) is 28.2 Å². The lowest BCUT2D eigenvalue weighted by Gasteiger charge is -2.25. The predicted octanol–water partition coefficient (Wildman–Crippen LogP) is 4.65. The summed E-state index contributed by atoms with van der Waals surface area (Å²) in [6.45, 7) is 8.77. The van der Waals surface area contributed by atoms with Gasteiger partial charge in [0, 0.05) is 25.4 Å². The Bertz CT molecular complexity index is 701. The molecule has 1 N–H and O–H groups in total. The van der Waals surface area contributed by atoms with Gasteiger partial charge in [-0.2, -0.15) is 0 Å². The molecular formula is C23H39FN4O2. The number of carbonyl (C=O) groups is 2. The molecule has 1 amide bonds. The van der Waals surface area contributed by atoms with Crippen LogP contribution >= 0.6 is 0 Å². The summed E-state index contributed by atoms with van der Waals surface area (Å²) in [4.78, 5) is 24.6. The summed E-state index contributed by atoms with van der Waals surface area (Å²) < 4.78 is 17.8. The van der Waals surface area contributed by atoms with Gasteiger partial charge in [-0.05, 0) is 58.3 Å². The van der Waals surface area contributed by atoms with Crippen molar-refractivity contribution in [1.82, 2.24) is 20.3 Å². The van der Waals surface area contributed by atoms with Crippen LogP contribution in [0.2, 0.25) is 0 Å². The van der Waals surface area contributed by atoms with E-state index in [1.807, 2.05) is 13.8 Å². The third-order valence-electron chi connectivity index (χ3n) is 5.64. The highest BCUT2D eigenvalue weighted by molar-refractivity contribution is 5.88. The van der Waals surface area contributed by atoms with E-state index in [0.29, 0.717) is 31.7 Å². The van der Waals surface area contributed by atoms with E-state index >= 15 is 4.39 Å². The lowest BCUT2D eigenvalue weighted by Crippen LogP contribution is -2.34. The molecular weight excluding hydrogens is 383 g/mol. The van der Waals surface area contributed by atoms with Crippen LogP contribution in [0, 0.1) is 5.92 Å². The largest absolute Gasteiger partial charge is 0.354 e. The molecule has 1 aliphatic carbocycles. The topological polar surface area (TPSA) is 76.9 Å². The number of fused-ring (bicyclic) bond motifs is 1. The first-order valence-corrected chi connectivity index (χ1v) is 11.7. The minimum Gasteiger partial charge on any atom is -0.354 e. The fraction of sp³-hybridized carbons (Fsp3) is 0.826. The molecule has 1 aromatic rings. The number of hydrogen-bond donors (Lipinski definition) is 1. The number of aromatic nitrogens is 3. The maximum Gasteiger partial charge on any atom is 0.220 e. The van der Waals surface area contributed by atoms with E-state index < -0.39 is 5.67 Å². The van der Waals surface area contributed by atoms with Gasteiger partial charge in [0.05, 0.1) is 5.69 Å².